The lowest BCUT2D eigenvalue weighted by molar-refractivity contribution is -0.121. The van der Waals surface area contributed by atoms with Crippen LogP contribution in [-0.4, -0.2) is 29.8 Å². The van der Waals surface area contributed by atoms with Gasteiger partial charge in [-0.25, -0.2) is 0 Å². The predicted octanol–water partition coefficient (Wildman–Crippen LogP) is 2.76. The van der Waals surface area contributed by atoms with Crippen molar-refractivity contribution < 1.29 is 14.4 Å². The number of carbonyl (C=O) groups is 3. The number of halogens is 1. The van der Waals surface area contributed by atoms with Gasteiger partial charge in [-0.3, -0.25) is 14.4 Å². The van der Waals surface area contributed by atoms with E-state index in [2.05, 4.69) is 16.0 Å². The fourth-order valence-electron chi connectivity index (χ4n) is 2.81. The second kappa shape index (κ2) is 7.70. The highest BCUT2D eigenvalue weighted by Gasteiger charge is 2.30. The highest BCUT2D eigenvalue weighted by Crippen LogP contribution is 2.23. The van der Waals surface area contributed by atoms with Gasteiger partial charge in [0.25, 0.3) is 5.91 Å². The lowest BCUT2D eigenvalue weighted by atomic mass is 10.0. The first kappa shape index (κ1) is 19.4. The van der Waals surface area contributed by atoms with Crippen molar-refractivity contribution in [3.63, 3.8) is 0 Å². The summed E-state index contributed by atoms with van der Waals surface area (Å²) in [6.07, 6.45) is 1.05. The molecule has 1 aliphatic heterocycles. The van der Waals surface area contributed by atoms with Crippen molar-refractivity contribution in [2.45, 2.75) is 32.2 Å². The van der Waals surface area contributed by atoms with Gasteiger partial charge in [-0.15, -0.1) is 11.3 Å². The zero-order chi connectivity index (χ0) is 19.6. The summed E-state index contributed by atoms with van der Waals surface area (Å²) in [5.41, 5.74) is 1.51. The molecule has 1 aliphatic rings. The quantitative estimate of drug-likeness (QED) is 0.730. The fraction of sp³-hybridized carbons (Fsp3) is 0.316. The Labute approximate surface area is 166 Å². The van der Waals surface area contributed by atoms with Gasteiger partial charge >= 0.3 is 0 Å². The first-order valence-electron chi connectivity index (χ1n) is 8.52. The van der Waals surface area contributed by atoms with E-state index in [4.69, 9.17) is 11.6 Å². The molecule has 27 heavy (non-hydrogen) atoms. The van der Waals surface area contributed by atoms with Crippen LogP contribution in [0.4, 0.5) is 5.69 Å². The third-order valence-electron chi connectivity index (χ3n) is 4.32. The zero-order valence-electron chi connectivity index (χ0n) is 15.0. The van der Waals surface area contributed by atoms with Crippen LogP contribution in [0.5, 0.6) is 0 Å². The smallest absolute Gasteiger partial charge is 0.262 e. The maximum Gasteiger partial charge on any atom is 0.262 e. The van der Waals surface area contributed by atoms with Gasteiger partial charge in [-0.05, 0) is 55.7 Å². The summed E-state index contributed by atoms with van der Waals surface area (Å²) in [6.45, 7) is 3.86. The molecular formula is C19H20ClN3O3S. The Morgan fingerprint density at radius 1 is 1.19 bits per heavy atom. The molecule has 142 valence electrons. The summed E-state index contributed by atoms with van der Waals surface area (Å²) in [5, 5.41) is 8.41. The molecule has 3 N–H and O–H groups in total. The summed E-state index contributed by atoms with van der Waals surface area (Å²) in [6, 6.07) is 8.77. The average Bonchev–Trinajstić information content (AvgIpc) is 2.94. The minimum Gasteiger partial charge on any atom is -0.355 e. The van der Waals surface area contributed by atoms with Crippen LogP contribution in [0.25, 0.3) is 0 Å². The zero-order valence-corrected chi connectivity index (χ0v) is 16.6. The number of hydrogen-bond acceptors (Lipinski definition) is 4. The first-order chi connectivity index (χ1) is 12.7. The Balaban J connectivity index is 1.69. The Morgan fingerprint density at radius 3 is 2.67 bits per heavy atom. The van der Waals surface area contributed by atoms with E-state index in [9.17, 15) is 14.4 Å². The number of rotatable bonds is 4. The van der Waals surface area contributed by atoms with Crippen molar-refractivity contribution in [3.8, 4) is 0 Å². The Kier molecular flexibility index (Phi) is 5.53. The molecular weight excluding hydrogens is 386 g/mol. The van der Waals surface area contributed by atoms with E-state index in [0.29, 0.717) is 34.3 Å². The summed E-state index contributed by atoms with van der Waals surface area (Å²) >= 11 is 7.02. The van der Waals surface area contributed by atoms with Crippen LogP contribution in [0.3, 0.4) is 0 Å². The van der Waals surface area contributed by atoms with Crippen molar-refractivity contribution in [1.29, 1.82) is 0 Å². The van der Waals surface area contributed by atoms with Crippen molar-refractivity contribution >= 4 is 46.3 Å². The number of anilines is 1. The molecule has 0 bridgehead atoms. The highest BCUT2D eigenvalue weighted by molar-refractivity contribution is 7.18. The second-order valence-electron chi connectivity index (χ2n) is 6.90. The number of thiophene rings is 1. The topological polar surface area (TPSA) is 87.3 Å². The molecule has 2 aromatic rings. The van der Waals surface area contributed by atoms with E-state index in [-0.39, 0.29) is 17.7 Å². The molecule has 0 unspecified atom stereocenters. The van der Waals surface area contributed by atoms with Crippen LogP contribution >= 0.6 is 22.9 Å². The number of benzene rings is 1. The molecule has 0 aliphatic carbocycles. The molecule has 0 radical (unpaired) electrons. The van der Waals surface area contributed by atoms with E-state index in [1.807, 2.05) is 12.1 Å². The first-order valence-corrected chi connectivity index (χ1v) is 9.72. The second-order valence-corrected chi connectivity index (χ2v) is 8.61. The van der Waals surface area contributed by atoms with Gasteiger partial charge in [-0.1, -0.05) is 17.7 Å². The molecule has 1 aromatic heterocycles. The number of hydrogen-bond donors (Lipinski definition) is 3. The van der Waals surface area contributed by atoms with Crippen LogP contribution in [0.2, 0.25) is 4.34 Å². The normalized spacial score (nSPS) is 14.0. The largest absolute Gasteiger partial charge is 0.355 e. The Hall–Kier alpha value is -2.38. The molecule has 0 saturated carbocycles. The fourth-order valence-corrected chi connectivity index (χ4v) is 3.75. The lowest BCUT2D eigenvalue weighted by Gasteiger charge is -2.25. The summed E-state index contributed by atoms with van der Waals surface area (Å²) in [7, 11) is 0. The van der Waals surface area contributed by atoms with Gasteiger partial charge in [0.15, 0.2) is 0 Å². The Morgan fingerprint density at radius 2 is 1.96 bits per heavy atom. The summed E-state index contributed by atoms with van der Waals surface area (Å²) in [4.78, 5) is 37.1. The third-order valence-corrected chi connectivity index (χ3v) is 5.55. The van der Waals surface area contributed by atoms with Crippen molar-refractivity contribution in [1.82, 2.24) is 10.6 Å². The number of fused-ring (bicyclic) bond motifs is 1. The minimum atomic E-state index is -1.11. The summed E-state index contributed by atoms with van der Waals surface area (Å²) in [5.74, 6) is -0.678. The van der Waals surface area contributed by atoms with Crippen LogP contribution in [0.1, 0.15) is 34.6 Å². The van der Waals surface area contributed by atoms with Gasteiger partial charge in [-0.2, -0.15) is 0 Å². The highest BCUT2D eigenvalue weighted by atomic mass is 35.5. The minimum absolute atomic E-state index is 0.00283. The Bertz CT molecular complexity index is 907. The van der Waals surface area contributed by atoms with Crippen LogP contribution in [-0.2, 0) is 22.4 Å². The molecule has 3 amide bonds. The molecule has 0 fully saturated rings. The maximum atomic E-state index is 12.7. The van der Waals surface area contributed by atoms with Gasteiger partial charge < -0.3 is 16.0 Å². The van der Waals surface area contributed by atoms with E-state index >= 15 is 0 Å². The molecule has 0 atom stereocenters. The van der Waals surface area contributed by atoms with Crippen LogP contribution < -0.4 is 16.0 Å². The lowest BCUT2D eigenvalue weighted by Crippen LogP contribution is -2.52. The van der Waals surface area contributed by atoms with Gasteiger partial charge in [0.2, 0.25) is 11.8 Å². The maximum absolute atomic E-state index is 12.7. The number of amides is 3. The van der Waals surface area contributed by atoms with E-state index < -0.39 is 5.54 Å². The molecule has 8 heteroatoms. The standard InChI is InChI=1S/C19H20ClN3O3S/c1-19(2,23-17(25)14-5-6-15(20)27-14)18(26)22-13-4-3-11-10-16(24)21-8-7-12(11)9-13/h3-6,9H,7-8,10H2,1-2H3,(H,21,24)(H,22,26)(H,23,25). The molecule has 3 rings (SSSR count). The monoisotopic (exact) mass is 405 g/mol. The third kappa shape index (κ3) is 4.67. The van der Waals surface area contributed by atoms with Crippen molar-refractivity contribution in [2.75, 3.05) is 11.9 Å². The van der Waals surface area contributed by atoms with Crippen molar-refractivity contribution in [2.24, 2.45) is 0 Å². The van der Waals surface area contributed by atoms with Gasteiger partial charge in [0.05, 0.1) is 15.6 Å². The number of nitrogens with one attached hydrogen (secondary N) is 3. The molecule has 1 aromatic carbocycles. The molecule has 0 spiro atoms. The number of carbonyl (C=O) groups excluding carboxylic acids is 3. The SMILES string of the molecule is CC(C)(NC(=O)c1ccc(Cl)s1)C(=O)Nc1ccc2c(c1)CCNC(=O)C2. The van der Waals surface area contributed by atoms with E-state index in [1.165, 1.54) is 0 Å². The van der Waals surface area contributed by atoms with E-state index in [0.717, 1.165) is 22.5 Å². The van der Waals surface area contributed by atoms with Gasteiger partial charge in [0, 0.05) is 12.2 Å². The predicted molar refractivity (Wildman–Crippen MR) is 106 cm³/mol. The molecule has 2 heterocycles. The molecule has 6 nitrogen and oxygen atoms in total. The van der Waals surface area contributed by atoms with Crippen LogP contribution in [0.15, 0.2) is 30.3 Å². The van der Waals surface area contributed by atoms with Crippen LogP contribution in [0, 0.1) is 0 Å². The van der Waals surface area contributed by atoms with Gasteiger partial charge in [0.1, 0.15) is 5.54 Å². The average molecular weight is 406 g/mol. The molecule has 0 saturated heterocycles. The van der Waals surface area contributed by atoms with Crippen molar-refractivity contribution in [3.05, 3.63) is 50.7 Å². The summed E-state index contributed by atoms with van der Waals surface area (Å²) < 4.78 is 0.514. The van der Waals surface area contributed by atoms with E-state index in [1.54, 1.807) is 32.0 Å².